The average molecular weight is 460 g/mol. The molecule has 0 aliphatic heterocycles. The number of halogens is 2. The number of ether oxygens (including phenoxy) is 1. The maximum absolute atomic E-state index is 11.1. The van der Waals surface area contributed by atoms with E-state index in [1.54, 1.807) is 30.3 Å². The molecule has 0 radical (unpaired) electrons. The minimum atomic E-state index is -0.132. The third-order valence-corrected chi connectivity index (χ3v) is 5.01. The van der Waals surface area contributed by atoms with Crippen LogP contribution in [-0.4, -0.2) is 18.1 Å². The van der Waals surface area contributed by atoms with Gasteiger partial charge in [0, 0.05) is 23.9 Å². The molecule has 5 nitrogen and oxygen atoms in total. The average Bonchev–Trinajstić information content (AvgIpc) is 2.70. The van der Waals surface area contributed by atoms with Gasteiger partial charge in [-0.1, -0.05) is 53.5 Å². The number of carbonyl (C=O) groups is 1. The lowest BCUT2D eigenvalue weighted by atomic mass is 10.0. The Bertz CT molecular complexity index is 1070. The molecule has 0 atom stereocenters. The molecule has 3 N–H and O–H groups in total. The second-order valence-corrected chi connectivity index (χ2v) is 7.53. The van der Waals surface area contributed by atoms with E-state index < -0.39 is 0 Å². The Kier molecular flexibility index (Phi) is 7.15. The molecule has 0 heterocycles. The Morgan fingerprint density at radius 3 is 2.10 bits per heavy atom. The van der Waals surface area contributed by atoms with Gasteiger partial charge in [-0.3, -0.25) is 4.79 Å². The van der Waals surface area contributed by atoms with E-state index in [4.69, 9.17) is 40.2 Å². The van der Waals surface area contributed by atoms with E-state index in [2.05, 4.69) is 16.0 Å². The Hall–Kier alpha value is -2.80. The quantitative estimate of drug-likeness (QED) is 0.383. The van der Waals surface area contributed by atoms with E-state index in [0.29, 0.717) is 37.8 Å². The predicted octanol–water partition coefficient (Wildman–Crippen LogP) is 6.44. The minimum Gasteiger partial charge on any atom is -0.493 e. The molecule has 0 saturated carbocycles. The number of benzene rings is 3. The number of methoxy groups -OCH3 is 1. The molecule has 3 aromatic carbocycles. The molecule has 154 valence electrons. The van der Waals surface area contributed by atoms with Gasteiger partial charge in [0.25, 0.3) is 0 Å². The first-order chi connectivity index (χ1) is 14.4. The van der Waals surface area contributed by atoms with Gasteiger partial charge in [-0.15, -0.1) is 0 Å². The normalized spacial score (nSPS) is 10.3. The van der Waals surface area contributed by atoms with E-state index >= 15 is 0 Å². The van der Waals surface area contributed by atoms with Crippen LogP contribution < -0.4 is 20.7 Å². The summed E-state index contributed by atoms with van der Waals surface area (Å²) in [7, 11) is 1.53. The molecule has 1 amide bonds. The summed E-state index contributed by atoms with van der Waals surface area (Å²) in [6.45, 7) is 1.46. The molecule has 0 aliphatic rings. The highest BCUT2D eigenvalue weighted by Gasteiger charge is 2.18. The van der Waals surface area contributed by atoms with E-state index in [1.807, 2.05) is 30.3 Å². The third kappa shape index (κ3) is 5.21. The minimum absolute atomic E-state index is 0.132. The van der Waals surface area contributed by atoms with Crippen molar-refractivity contribution in [1.82, 2.24) is 0 Å². The van der Waals surface area contributed by atoms with Gasteiger partial charge < -0.3 is 20.7 Å². The number of rotatable bonds is 5. The van der Waals surface area contributed by atoms with Gasteiger partial charge in [-0.25, -0.2) is 0 Å². The van der Waals surface area contributed by atoms with Gasteiger partial charge in [0.2, 0.25) is 5.91 Å². The Labute approximate surface area is 190 Å². The van der Waals surface area contributed by atoms with Gasteiger partial charge in [0.15, 0.2) is 10.9 Å². The monoisotopic (exact) mass is 459 g/mol. The van der Waals surface area contributed by atoms with Crippen LogP contribution in [0.15, 0.2) is 60.7 Å². The van der Waals surface area contributed by atoms with Crippen LogP contribution in [0.5, 0.6) is 5.75 Å². The standard InChI is InChI=1S/C22H19Cl2N3O2S/c1-13(28)25-15-8-10-16(11-9-15)26-22(30)27-18-12-17(23)19(20(24)21(18)29-2)14-6-4-3-5-7-14/h3-12H,1-2H3,(H,25,28)(H2,26,27,30). The van der Waals surface area contributed by atoms with Crippen LogP contribution in [0.4, 0.5) is 17.1 Å². The second-order valence-electron chi connectivity index (χ2n) is 6.33. The first kappa shape index (κ1) is 21.9. The number of thiocarbonyl (C=S) groups is 1. The number of hydrogen-bond donors (Lipinski definition) is 3. The van der Waals surface area contributed by atoms with Crippen LogP contribution in [-0.2, 0) is 4.79 Å². The predicted molar refractivity (Wildman–Crippen MR) is 129 cm³/mol. The SMILES string of the molecule is COc1c(NC(=S)Nc2ccc(NC(C)=O)cc2)cc(Cl)c(-c2ccccc2)c1Cl. The summed E-state index contributed by atoms with van der Waals surface area (Å²) in [5, 5.41) is 10.1. The van der Waals surface area contributed by atoms with Gasteiger partial charge in [-0.2, -0.15) is 0 Å². The van der Waals surface area contributed by atoms with Crippen molar-refractivity contribution >= 4 is 63.5 Å². The topological polar surface area (TPSA) is 62.4 Å². The van der Waals surface area contributed by atoms with E-state index in [1.165, 1.54) is 14.0 Å². The van der Waals surface area contributed by atoms with Crippen molar-refractivity contribution in [2.45, 2.75) is 6.92 Å². The Morgan fingerprint density at radius 1 is 0.933 bits per heavy atom. The fraction of sp³-hybridized carbons (Fsp3) is 0.0909. The summed E-state index contributed by atoms with van der Waals surface area (Å²) >= 11 is 18.5. The van der Waals surface area contributed by atoms with Crippen molar-refractivity contribution in [2.75, 3.05) is 23.1 Å². The van der Waals surface area contributed by atoms with Gasteiger partial charge in [0.05, 0.1) is 22.8 Å². The molecule has 3 rings (SSSR count). The van der Waals surface area contributed by atoms with Crippen molar-refractivity contribution in [1.29, 1.82) is 0 Å². The second kappa shape index (κ2) is 9.80. The maximum Gasteiger partial charge on any atom is 0.221 e. The zero-order valence-electron chi connectivity index (χ0n) is 16.3. The van der Waals surface area contributed by atoms with Crippen LogP contribution in [0.1, 0.15) is 6.92 Å². The molecule has 0 saturated heterocycles. The van der Waals surface area contributed by atoms with Crippen molar-refractivity contribution in [3.8, 4) is 16.9 Å². The summed E-state index contributed by atoms with van der Waals surface area (Å²) in [6.07, 6.45) is 0. The lowest BCUT2D eigenvalue weighted by molar-refractivity contribution is -0.114. The van der Waals surface area contributed by atoms with E-state index in [0.717, 1.165) is 11.3 Å². The summed E-state index contributed by atoms with van der Waals surface area (Å²) in [6, 6.07) is 18.5. The van der Waals surface area contributed by atoms with E-state index in [9.17, 15) is 4.79 Å². The van der Waals surface area contributed by atoms with Crippen molar-refractivity contribution in [3.05, 3.63) is 70.7 Å². The van der Waals surface area contributed by atoms with Crippen LogP contribution in [0.2, 0.25) is 10.0 Å². The largest absolute Gasteiger partial charge is 0.493 e. The first-order valence-corrected chi connectivity index (χ1v) is 10.1. The number of amides is 1. The summed E-state index contributed by atoms with van der Waals surface area (Å²) in [5.74, 6) is 0.303. The number of anilines is 3. The molecule has 0 bridgehead atoms. The van der Waals surface area contributed by atoms with Gasteiger partial charge in [0.1, 0.15) is 0 Å². The highest BCUT2D eigenvalue weighted by Crippen LogP contribution is 2.45. The molecule has 0 spiro atoms. The molecule has 0 fully saturated rings. The fourth-order valence-electron chi connectivity index (χ4n) is 2.89. The molecular formula is C22H19Cl2N3O2S. The molecule has 0 unspecified atom stereocenters. The van der Waals surface area contributed by atoms with E-state index in [-0.39, 0.29) is 5.91 Å². The highest BCUT2D eigenvalue weighted by molar-refractivity contribution is 7.80. The molecule has 0 aromatic heterocycles. The first-order valence-electron chi connectivity index (χ1n) is 8.96. The molecular weight excluding hydrogens is 441 g/mol. The maximum atomic E-state index is 11.1. The van der Waals surface area contributed by atoms with Crippen molar-refractivity contribution in [3.63, 3.8) is 0 Å². The number of nitrogens with one attached hydrogen (secondary N) is 3. The summed E-state index contributed by atoms with van der Waals surface area (Å²) < 4.78 is 5.52. The zero-order chi connectivity index (χ0) is 21.7. The van der Waals surface area contributed by atoms with Crippen molar-refractivity contribution in [2.24, 2.45) is 0 Å². The summed E-state index contributed by atoms with van der Waals surface area (Å²) in [4.78, 5) is 11.1. The van der Waals surface area contributed by atoms with Gasteiger partial charge in [-0.05, 0) is 48.1 Å². The molecule has 30 heavy (non-hydrogen) atoms. The molecule has 8 heteroatoms. The van der Waals surface area contributed by atoms with Crippen LogP contribution in [0.3, 0.4) is 0 Å². The van der Waals surface area contributed by atoms with Crippen LogP contribution in [0, 0.1) is 0 Å². The summed E-state index contributed by atoms with van der Waals surface area (Å²) in [5.41, 5.74) is 3.56. The molecule has 3 aromatic rings. The van der Waals surface area contributed by atoms with Crippen LogP contribution >= 0.6 is 35.4 Å². The van der Waals surface area contributed by atoms with Crippen molar-refractivity contribution < 1.29 is 9.53 Å². The molecule has 0 aliphatic carbocycles. The Morgan fingerprint density at radius 2 is 1.53 bits per heavy atom. The number of carbonyl (C=O) groups excluding carboxylic acids is 1. The van der Waals surface area contributed by atoms with Gasteiger partial charge >= 0.3 is 0 Å². The zero-order valence-corrected chi connectivity index (χ0v) is 18.6. The highest BCUT2D eigenvalue weighted by atomic mass is 35.5. The van der Waals surface area contributed by atoms with Crippen LogP contribution in [0.25, 0.3) is 11.1 Å². The Balaban J connectivity index is 1.80. The number of hydrogen-bond acceptors (Lipinski definition) is 3. The lowest BCUT2D eigenvalue weighted by Crippen LogP contribution is -2.19. The smallest absolute Gasteiger partial charge is 0.221 e. The third-order valence-electron chi connectivity index (χ3n) is 4.15. The fourth-order valence-corrected chi connectivity index (χ4v) is 3.87. The lowest BCUT2D eigenvalue weighted by Gasteiger charge is -2.18.